The van der Waals surface area contributed by atoms with Gasteiger partial charge in [0.15, 0.2) is 5.13 Å². The first-order chi connectivity index (χ1) is 17.8. The highest BCUT2D eigenvalue weighted by atomic mass is 32.2. The number of rotatable bonds is 7. The first-order valence-corrected chi connectivity index (χ1v) is 14.4. The van der Waals surface area contributed by atoms with Gasteiger partial charge in [0.1, 0.15) is 0 Å². The molecule has 5 rings (SSSR count). The van der Waals surface area contributed by atoms with Crippen LogP contribution in [-0.4, -0.2) is 46.2 Å². The van der Waals surface area contributed by atoms with E-state index in [0.29, 0.717) is 35.6 Å². The predicted octanol–water partition coefficient (Wildman–Crippen LogP) is 4.95. The number of carbonyl (C=O) groups excluding carboxylic acids is 1. The lowest BCUT2D eigenvalue weighted by Gasteiger charge is -2.12. The Bertz CT molecular complexity index is 1530. The number of amides is 2. The third-order valence-electron chi connectivity index (χ3n) is 6.19. The molecule has 1 aliphatic rings. The number of carbonyl (C=O) groups is 1. The molecular weight excluding hydrogens is 510 g/mol. The average Bonchev–Trinajstić information content (AvgIpc) is 3.55. The van der Waals surface area contributed by atoms with Gasteiger partial charge in [0, 0.05) is 36.3 Å². The van der Waals surface area contributed by atoms with E-state index >= 15 is 0 Å². The monoisotopic (exact) mass is 537 g/mol. The molecule has 0 aliphatic heterocycles. The van der Waals surface area contributed by atoms with Crippen LogP contribution in [0.5, 0.6) is 0 Å². The fourth-order valence-corrected chi connectivity index (χ4v) is 6.76. The lowest BCUT2D eigenvalue weighted by Crippen LogP contribution is -2.28. The van der Waals surface area contributed by atoms with Crippen LogP contribution in [0.2, 0.25) is 0 Å². The van der Waals surface area contributed by atoms with E-state index < -0.39 is 15.3 Å². The van der Waals surface area contributed by atoms with Crippen molar-refractivity contribution in [1.29, 1.82) is 0 Å². The zero-order valence-electron chi connectivity index (χ0n) is 20.5. The number of pyridine rings is 1. The van der Waals surface area contributed by atoms with Gasteiger partial charge in [-0.1, -0.05) is 30.2 Å². The van der Waals surface area contributed by atoms with Gasteiger partial charge in [0.25, 0.3) is 0 Å². The minimum absolute atomic E-state index is 0.0548. The minimum atomic E-state index is -3.51. The number of nitrogens with one attached hydrogen (secondary N) is 3. The molecule has 192 valence electrons. The summed E-state index contributed by atoms with van der Waals surface area (Å²) in [6.07, 6.45) is 8.14. The third-order valence-corrected chi connectivity index (χ3v) is 9.03. The fraction of sp³-hybridized carbons (Fsp3) is 0.320. The van der Waals surface area contributed by atoms with Crippen molar-refractivity contribution in [3.05, 3.63) is 48.4 Å². The van der Waals surface area contributed by atoms with Gasteiger partial charge in [-0.25, -0.2) is 28.2 Å². The SMILES string of the molecule is CCNC(=O)Nc1nc2cc(-c3cnc(NS(=O)(=O)C4CCCC4)nc3)cc(-c3ccc(C)cn3)c2s1. The summed E-state index contributed by atoms with van der Waals surface area (Å²) in [6.45, 7) is 4.33. The number of sulfonamides is 1. The molecule has 37 heavy (non-hydrogen) atoms. The van der Waals surface area contributed by atoms with E-state index in [-0.39, 0.29) is 12.0 Å². The summed E-state index contributed by atoms with van der Waals surface area (Å²) in [5, 5.41) is 5.56. The van der Waals surface area contributed by atoms with Gasteiger partial charge in [-0.2, -0.15) is 0 Å². The van der Waals surface area contributed by atoms with Crippen LogP contribution in [0.25, 0.3) is 32.6 Å². The molecule has 1 aliphatic carbocycles. The second-order valence-corrected chi connectivity index (χ2v) is 11.9. The molecule has 0 atom stereocenters. The maximum absolute atomic E-state index is 12.6. The van der Waals surface area contributed by atoms with Crippen molar-refractivity contribution >= 4 is 48.7 Å². The molecule has 1 saturated carbocycles. The summed E-state index contributed by atoms with van der Waals surface area (Å²) < 4.78 is 28.6. The standard InChI is InChI=1S/C25H27N7O3S2/c1-3-26-24(33)31-25-30-21-11-16(10-19(22(21)36-25)20-9-8-15(2)12-27-20)17-13-28-23(29-14-17)32-37(34,35)18-6-4-5-7-18/h8-14,18H,3-7H2,1-2H3,(H,28,29,32)(H2,26,30,31,33). The van der Waals surface area contributed by atoms with Gasteiger partial charge < -0.3 is 5.32 Å². The zero-order valence-corrected chi connectivity index (χ0v) is 22.1. The molecule has 4 aromatic rings. The van der Waals surface area contributed by atoms with Gasteiger partial charge in [-0.3, -0.25) is 15.0 Å². The van der Waals surface area contributed by atoms with E-state index in [2.05, 4.69) is 35.3 Å². The van der Waals surface area contributed by atoms with E-state index in [0.717, 1.165) is 39.9 Å². The number of aromatic nitrogens is 4. The number of nitrogens with zero attached hydrogens (tertiary/aromatic N) is 4. The second kappa shape index (κ2) is 10.4. The Balaban J connectivity index is 1.50. The van der Waals surface area contributed by atoms with Crippen molar-refractivity contribution in [3.8, 4) is 22.4 Å². The van der Waals surface area contributed by atoms with E-state index in [9.17, 15) is 13.2 Å². The Kier molecular flexibility index (Phi) is 7.02. The van der Waals surface area contributed by atoms with E-state index in [1.54, 1.807) is 18.6 Å². The smallest absolute Gasteiger partial charge is 0.321 e. The van der Waals surface area contributed by atoms with Crippen molar-refractivity contribution in [1.82, 2.24) is 25.3 Å². The maximum Gasteiger partial charge on any atom is 0.321 e. The van der Waals surface area contributed by atoms with Crippen LogP contribution in [0.4, 0.5) is 15.9 Å². The number of thiazole rings is 1. The van der Waals surface area contributed by atoms with Gasteiger partial charge in [-0.15, -0.1) is 0 Å². The maximum atomic E-state index is 12.6. The van der Waals surface area contributed by atoms with Crippen LogP contribution >= 0.6 is 11.3 Å². The third kappa shape index (κ3) is 5.54. The summed E-state index contributed by atoms with van der Waals surface area (Å²) >= 11 is 1.37. The summed E-state index contributed by atoms with van der Waals surface area (Å²) in [5.74, 6) is 0.0548. The average molecular weight is 538 g/mol. The van der Waals surface area contributed by atoms with Crippen LogP contribution in [0.15, 0.2) is 42.9 Å². The highest BCUT2D eigenvalue weighted by Crippen LogP contribution is 2.38. The fourth-order valence-electron chi connectivity index (χ4n) is 4.31. The highest BCUT2D eigenvalue weighted by Gasteiger charge is 2.29. The Labute approximate surface area is 219 Å². The molecule has 0 spiro atoms. The molecule has 2 amide bonds. The molecule has 1 aromatic carbocycles. The molecule has 3 aromatic heterocycles. The van der Waals surface area contributed by atoms with Crippen molar-refractivity contribution in [3.63, 3.8) is 0 Å². The molecule has 0 saturated heterocycles. The van der Waals surface area contributed by atoms with Crippen LogP contribution < -0.4 is 15.4 Å². The number of hydrogen-bond acceptors (Lipinski definition) is 8. The normalized spacial score (nSPS) is 14.1. The number of benzene rings is 1. The summed E-state index contributed by atoms with van der Waals surface area (Å²) in [5.41, 5.74) is 4.86. The van der Waals surface area contributed by atoms with Gasteiger partial charge in [0.05, 0.1) is 21.2 Å². The van der Waals surface area contributed by atoms with E-state index in [1.807, 2.05) is 38.1 Å². The second-order valence-electron chi connectivity index (χ2n) is 8.95. The lowest BCUT2D eigenvalue weighted by atomic mass is 10.0. The Morgan fingerprint density at radius 3 is 2.49 bits per heavy atom. The first-order valence-electron chi connectivity index (χ1n) is 12.1. The van der Waals surface area contributed by atoms with Crippen LogP contribution in [0.3, 0.4) is 0 Å². The number of hydrogen-bond donors (Lipinski definition) is 3. The van der Waals surface area contributed by atoms with Crippen LogP contribution in [0, 0.1) is 6.92 Å². The van der Waals surface area contributed by atoms with Crippen LogP contribution in [-0.2, 0) is 10.0 Å². The van der Waals surface area contributed by atoms with Crippen molar-refractivity contribution in [2.75, 3.05) is 16.6 Å². The molecular formula is C25H27N7O3S2. The van der Waals surface area contributed by atoms with Crippen molar-refractivity contribution in [2.45, 2.75) is 44.8 Å². The number of fused-ring (bicyclic) bond motifs is 1. The minimum Gasteiger partial charge on any atom is -0.338 e. The van der Waals surface area contributed by atoms with E-state index in [4.69, 9.17) is 0 Å². The largest absolute Gasteiger partial charge is 0.338 e. The van der Waals surface area contributed by atoms with Gasteiger partial charge in [-0.05, 0) is 56.0 Å². The molecule has 0 unspecified atom stereocenters. The Hall–Kier alpha value is -3.64. The first kappa shape index (κ1) is 25.0. The molecule has 0 bridgehead atoms. The number of aryl methyl sites for hydroxylation is 1. The quantitative estimate of drug-likeness (QED) is 0.303. The topological polar surface area (TPSA) is 139 Å². The molecule has 0 radical (unpaired) electrons. The lowest BCUT2D eigenvalue weighted by molar-refractivity contribution is 0.252. The predicted molar refractivity (Wildman–Crippen MR) is 146 cm³/mol. The molecule has 1 fully saturated rings. The van der Waals surface area contributed by atoms with Crippen LogP contribution in [0.1, 0.15) is 38.2 Å². The summed E-state index contributed by atoms with van der Waals surface area (Å²) in [6, 6.07) is 7.50. The number of urea groups is 1. The Morgan fingerprint density at radius 2 is 1.81 bits per heavy atom. The summed E-state index contributed by atoms with van der Waals surface area (Å²) in [4.78, 5) is 29.8. The van der Waals surface area contributed by atoms with E-state index in [1.165, 1.54) is 11.3 Å². The van der Waals surface area contributed by atoms with Gasteiger partial charge in [0.2, 0.25) is 16.0 Å². The summed E-state index contributed by atoms with van der Waals surface area (Å²) in [7, 11) is -3.51. The molecule has 12 heteroatoms. The van der Waals surface area contributed by atoms with Crippen molar-refractivity contribution in [2.24, 2.45) is 0 Å². The molecule has 3 heterocycles. The highest BCUT2D eigenvalue weighted by molar-refractivity contribution is 7.93. The zero-order chi connectivity index (χ0) is 26.0. The van der Waals surface area contributed by atoms with Gasteiger partial charge >= 0.3 is 6.03 Å². The number of anilines is 2. The Morgan fingerprint density at radius 1 is 1.05 bits per heavy atom. The molecule has 3 N–H and O–H groups in total. The molecule has 10 nitrogen and oxygen atoms in total. The van der Waals surface area contributed by atoms with Crippen molar-refractivity contribution < 1.29 is 13.2 Å².